The minimum absolute atomic E-state index is 0.0249. The first-order valence-electron chi connectivity index (χ1n) is 4.12. The molecule has 1 aromatic heterocycles. The molecule has 0 atom stereocenters. The van der Waals surface area contributed by atoms with Crippen LogP contribution in [0.3, 0.4) is 0 Å². The second-order valence-corrected chi connectivity index (χ2v) is 4.42. The van der Waals surface area contributed by atoms with Crippen LogP contribution in [0, 0.1) is 7.11 Å². The van der Waals surface area contributed by atoms with Crippen molar-refractivity contribution in [1.29, 1.82) is 0 Å². The number of rotatable bonds is 2. The zero-order valence-corrected chi connectivity index (χ0v) is 8.44. The molecule has 0 aliphatic rings. The minimum atomic E-state index is -3.91. The van der Waals surface area contributed by atoms with Gasteiger partial charge < -0.3 is 0 Å². The third kappa shape index (κ3) is 1.71. The van der Waals surface area contributed by atoms with Crippen molar-refractivity contribution < 1.29 is 12.6 Å². The number of nitrogens with zero attached hydrogens (tertiary/aromatic N) is 1. The summed E-state index contributed by atoms with van der Waals surface area (Å²) in [6.07, 6.45) is 1.51. The maximum absolute atomic E-state index is 11.4. The number of benzene rings is 1. The van der Waals surface area contributed by atoms with Crippen LogP contribution in [0.2, 0.25) is 0 Å². The number of pyridine rings is 1. The van der Waals surface area contributed by atoms with Crippen LogP contribution in [0.15, 0.2) is 41.4 Å². The van der Waals surface area contributed by atoms with Gasteiger partial charge in [0, 0.05) is 11.6 Å². The number of para-hydroxylation sites is 1. The first-order chi connectivity index (χ1) is 7.15. The van der Waals surface area contributed by atoms with Crippen LogP contribution in [0.4, 0.5) is 0 Å². The minimum Gasteiger partial charge on any atom is -0.257 e. The maximum Gasteiger partial charge on any atom is 0.299 e. The van der Waals surface area contributed by atoms with Gasteiger partial charge in [-0.25, -0.2) is 0 Å². The van der Waals surface area contributed by atoms with Crippen LogP contribution in [0.5, 0.6) is 0 Å². The standard InChI is InChI=1S/C10H7NO3S/c1-14-15(12,13)9-6-2-4-8-5-3-7-11-10(8)9/h1-7H. The average molecular weight is 221 g/mol. The fraction of sp³-hybridized carbons (Fsp3) is 0. The van der Waals surface area contributed by atoms with Gasteiger partial charge >= 0.3 is 0 Å². The monoisotopic (exact) mass is 221 g/mol. The predicted molar refractivity (Wildman–Crippen MR) is 54.3 cm³/mol. The third-order valence-electron chi connectivity index (χ3n) is 1.99. The highest BCUT2D eigenvalue weighted by Gasteiger charge is 2.17. The van der Waals surface area contributed by atoms with Gasteiger partial charge in [0.2, 0.25) is 0 Å². The van der Waals surface area contributed by atoms with E-state index in [1.165, 1.54) is 12.3 Å². The Kier molecular flexibility index (Phi) is 2.42. The lowest BCUT2D eigenvalue weighted by molar-refractivity contribution is 0.438. The summed E-state index contributed by atoms with van der Waals surface area (Å²) >= 11 is 0. The molecule has 2 aromatic rings. The highest BCUT2D eigenvalue weighted by molar-refractivity contribution is 7.87. The van der Waals surface area contributed by atoms with E-state index in [0.29, 0.717) is 5.52 Å². The molecule has 2 radical (unpaired) electrons. The molecule has 0 N–H and O–H groups in total. The third-order valence-corrected chi connectivity index (χ3v) is 3.11. The second-order valence-electron chi connectivity index (χ2n) is 2.88. The van der Waals surface area contributed by atoms with Gasteiger partial charge in [-0.3, -0.25) is 9.17 Å². The number of hydrogen-bond acceptors (Lipinski definition) is 4. The summed E-state index contributed by atoms with van der Waals surface area (Å²) in [4.78, 5) is 3.96. The van der Waals surface area contributed by atoms with Gasteiger partial charge in [-0.15, -0.1) is 0 Å². The van der Waals surface area contributed by atoms with Crippen LogP contribution >= 0.6 is 0 Å². The van der Waals surface area contributed by atoms with Crippen molar-refractivity contribution in [2.75, 3.05) is 0 Å². The van der Waals surface area contributed by atoms with Gasteiger partial charge in [0.1, 0.15) is 12.0 Å². The van der Waals surface area contributed by atoms with E-state index in [4.69, 9.17) is 7.11 Å². The first kappa shape index (κ1) is 10.1. The second kappa shape index (κ2) is 3.60. The SMILES string of the molecule is [CH]OS(=O)(=O)c1cccc2cccnc12. The molecule has 0 aliphatic heterocycles. The molecular formula is C10H7NO3S. The summed E-state index contributed by atoms with van der Waals surface area (Å²) < 4.78 is 26.8. The molecule has 15 heavy (non-hydrogen) atoms. The number of hydrogen-bond donors (Lipinski definition) is 0. The summed E-state index contributed by atoms with van der Waals surface area (Å²) in [5, 5.41) is 0.718. The van der Waals surface area contributed by atoms with E-state index in [1.807, 2.05) is 0 Å². The fourth-order valence-corrected chi connectivity index (χ4v) is 2.09. The maximum atomic E-state index is 11.4. The lowest BCUT2D eigenvalue weighted by Gasteiger charge is -2.03. The van der Waals surface area contributed by atoms with Gasteiger partial charge in [-0.2, -0.15) is 8.42 Å². The Labute approximate surface area is 87.6 Å². The lowest BCUT2D eigenvalue weighted by Crippen LogP contribution is -2.02. The van der Waals surface area contributed by atoms with Crippen LogP contribution in [-0.2, 0) is 14.3 Å². The molecule has 76 valence electrons. The van der Waals surface area contributed by atoms with E-state index in [2.05, 4.69) is 9.17 Å². The quantitative estimate of drug-likeness (QED) is 0.723. The largest absolute Gasteiger partial charge is 0.299 e. The van der Waals surface area contributed by atoms with Crippen molar-refractivity contribution in [2.24, 2.45) is 0 Å². The molecule has 0 bridgehead atoms. The van der Waals surface area contributed by atoms with Gasteiger partial charge in [0.25, 0.3) is 10.1 Å². The molecule has 0 unspecified atom stereocenters. The summed E-state index contributed by atoms with van der Waals surface area (Å²) in [5.41, 5.74) is 0.352. The van der Waals surface area contributed by atoms with Gasteiger partial charge in [0.15, 0.2) is 0 Å². The lowest BCUT2D eigenvalue weighted by atomic mass is 10.2. The topological polar surface area (TPSA) is 56.3 Å². The van der Waals surface area contributed by atoms with E-state index >= 15 is 0 Å². The smallest absolute Gasteiger partial charge is 0.257 e. The van der Waals surface area contributed by atoms with Crippen molar-refractivity contribution in [3.8, 4) is 0 Å². The normalized spacial score (nSPS) is 11.8. The van der Waals surface area contributed by atoms with Gasteiger partial charge in [-0.05, 0) is 12.1 Å². The summed E-state index contributed by atoms with van der Waals surface area (Å²) in [5.74, 6) is 0. The van der Waals surface area contributed by atoms with E-state index in [1.54, 1.807) is 24.3 Å². The zero-order valence-electron chi connectivity index (χ0n) is 7.62. The van der Waals surface area contributed by atoms with Crippen LogP contribution < -0.4 is 0 Å². The average Bonchev–Trinajstić information content (AvgIpc) is 2.28. The molecule has 0 aliphatic carbocycles. The highest BCUT2D eigenvalue weighted by atomic mass is 32.2. The molecule has 0 saturated carbocycles. The Morgan fingerprint density at radius 1 is 1.20 bits per heavy atom. The van der Waals surface area contributed by atoms with Gasteiger partial charge in [-0.1, -0.05) is 18.2 Å². The number of aromatic nitrogens is 1. The van der Waals surface area contributed by atoms with Crippen molar-refractivity contribution in [3.05, 3.63) is 43.6 Å². The molecule has 0 saturated heterocycles. The first-order valence-corrected chi connectivity index (χ1v) is 5.53. The van der Waals surface area contributed by atoms with E-state index in [-0.39, 0.29) is 4.90 Å². The van der Waals surface area contributed by atoms with Crippen molar-refractivity contribution in [3.63, 3.8) is 0 Å². The molecule has 2 rings (SSSR count). The Balaban J connectivity index is 2.83. The summed E-state index contributed by atoms with van der Waals surface area (Å²) in [6, 6.07) is 8.26. The summed E-state index contributed by atoms with van der Waals surface area (Å²) in [6.45, 7) is 0. The molecule has 5 heteroatoms. The Bertz CT molecular complexity index is 587. The number of fused-ring (bicyclic) bond motifs is 1. The Morgan fingerprint density at radius 2 is 1.93 bits per heavy atom. The predicted octanol–water partition coefficient (Wildman–Crippen LogP) is 1.61. The molecule has 4 nitrogen and oxygen atoms in total. The Hall–Kier alpha value is -1.46. The molecule has 0 amide bonds. The van der Waals surface area contributed by atoms with E-state index < -0.39 is 10.1 Å². The Morgan fingerprint density at radius 3 is 2.67 bits per heavy atom. The van der Waals surface area contributed by atoms with Crippen molar-refractivity contribution in [2.45, 2.75) is 4.90 Å². The van der Waals surface area contributed by atoms with E-state index in [9.17, 15) is 8.42 Å². The van der Waals surface area contributed by atoms with Crippen molar-refractivity contribution >= 4 is 21.0 Å². The zero-order chi connectivity index (χ0) is 10.9. The molecule has 0 fully saturated rings. The van der Waals surface area contributed by atoms with E-state index in [0.717, 1.165) is 5.39 Å². The highest BCUT2D eigenvalue weighted by Crippen LogP contribution is 2.21. The van der Waals surface area contributed by atoms with Crippen LogP contribution in [-0.4, -0.2) is 13.4 Å². The molecular weight excluding hydrogens is 214 g/mol. The summed E-state index contributed by atoms with van der Waals surface area (Å²) in [7, 11) is 0.804. The molecule has 0 spiro atoms. The van der Waals surface area contributed by atoms with Crippen molar-refractivity contribution in [1.82, 2.24) is 4.98 Å². The van der Waals surface area contributed by atoms with Gasteiger partial charge in [0.05, 0.1) is 5.52 Å². The molecule has 1 aromatic carbocycles. The van der Waals surface area contributed by atoms with Crippen LogP contribution in [0.1, 0.15) is 0 Å². The molecule has 1 heterocycles. The van der Waals surface area contributed by atoms with Crippen LogP contribution in [0.25, 0.3) is 10.9 Å². The fourth-order valence-electron chi connectivity index (χ4n) is 1.33.